The Balaban J connectivity index is 1.74. The number of nitrogens with one attached hydrogen (secondary N) is 1. The zero-order chi connectivity index (χ0) is 16.6. The zero-order valence-electron chi connectivity index (χ0n) is 14.4. The number of fused-ring (bicyclic) bond motifs is 1. The van der Waals surface area contributed by atoms with Crippen molar-refractivity contribution in [1.82, 2.24) is 14.9 Å². The van der Waals surface area contributed by atoms with E-state index in [-0.39, 0.29) is 11.0 Å². The molecule has 0 saturated carbocycles. The van der Waals surface area contributed by atoms with Crippen molar-refractivity contribution in [1.29, 1.82) is 0 Å². The molecular weight excluding hydrogens is 286 g/mol. The maximum atomic E-state index is 12.1. The summed E-state index contributed by atoms with van der Waals surface area (Å²) in [5.74, 6) is 0.708. The molecule has 0 spiro atoms. The van der Waals surface area contributed by atoms with Crippen molar-refractivity contribution in [2.75, 3.05) is 6.54 Å². The van der Waals surface area contributed by atoms with Crippen LogP contribution in [0.15, 0.2) is 29.1 Å². The number of benzene rings is 1. The molecule has 1 N–H and O–H groups in total. The minimum absolute atomic E-state index is 0.0141. The van der Waals surface area contributed by atoms with Gasteiger partial charge in [-0.25, -0.2) is 4.98 Å². The van der Waals surface area contributed by atoms with Gasteiger partial charge in [-0.3, -0.25) is 9.69 Å². The Kier molecular flexibility index (Phi) is 4.11. The van der Waals surface area contributed by atoms with Gasteiger partial charge in [0.25, 0.3) is 5.56 Å². The summed E-state index contributed by atoms with van der Waals surface area (Å²) in [7, 11) is 0. The summed E-state index contributed by atoms with van der Waals surface area (Å²) >= 11 is 0. The van der Waals surface area contributed by atoms with Crippen LogP contribution in [-0.2, 0) is 24.9 Å². The average molecular weight is 311 g/mol. The van der Waals surface area contributed by atoms with Crippen molar-refractivity contribution in [3.05, 3.63) is 62.8 Å². The largest absolute Gasteiger partial charge is 0.310 e. The molecule has 0 saturated heterocycles. The lowest BCUT2D eigenvalue weighted by atomic mass is 9.86. The number of aryl methyl sites for hydroxylation is 1. The van der Waals surface area contributed by atoms with Crippen LogP contribution in [0.4, 0.5) is 0 Å². The van der Waals surface area contributed by atoms with E-state index in [4.69, 9.17) is 0 Å². The lowest BCUT2D eigenvalue weighted by Gasteiger charge is -2.28. The Morgan fingerprint density at radius 2 is 1.91 bits per heavy atom. The second kappa shape index (κ2) is 5.93. The third kappa shape index (κ3) is 3.53. The molecule has 23 heavy (non-hydrogen) atoms. The number of nitrogens with zero attached hydrogens (tertiary/aromatic N) is 2. The SMILES string of the molecule is Cc1nc2c(c(=O)[nH]1)CN(Cc1ccc(C(C)(C)C)cc1)CC2. The molecule has 1 aliphatic rings. The highest BCUT2D eigenvalue weighted by Crippen LogP contribution is 2.23. The Hall–Kier alpha value is -1.94. The summed E-state index contributed by atoms with van der Waals surface area (Å²) in [6.45, 7) is 11.0. The predicted molar refractivity (Wildman–Crippen MR) is 92.6 cm³/mol. The van der Waals surface area contributed by atoms with Crippen molar-refractivity contribution < 1.29 is 0 Å². The van der Waals surface area contributed by atoms with Crippen LogP contribution in [-0.4, -0.2) is 21.4 Å². The predicted octanol–water partition coefficient (Wildman–Crippen LogP) is 2.93. The van der Waals surface area contributed by atoms with E-state index in [1.54, 1.807) is 0 Å². The minimum Gasteiger partial charge on any atom is -0.310 e. The maximum absolute atomic E-state index is 12.1. The van der Waals surface area contributed by atoms with E-state index < -0.39 is 0 Å². The van der Waals surface area contributed by atoms with Gasteiger partial charge in [0.05, 0.1) is 11.3 Å². The zero-order valence-corrected chi connectivity index (χ0v) is 14.4. The summed E-state index contributed by atoms with van der Waals surface area (Å²) in [4.78, 5) is 21.7. The van der Waals surface area contributed by atoms with Gasteiger partial charge in [0, 0.05) is 26.1 Å². The van der Waals surface area contributed by atoms with Crippen molar-refractivity contribution in [3.8, 4) is 0 Å². The van der Waals surface area contributed by atoms with Gasteiger partial charge in [-0.15, -0.1) is 0 Å². The summed E-state index contributed by atoms with van der Waals surface area (Å²) in [6.07, 6.45) is 0.847. The monoisotopic (exact) mass is 311 g/mol. The minimum atomic E-state index is 0.0141. The van der Waals surface area contributed by atoms with Crippen LogP contribution in [0.2, 0.25) is 0 Å². The molecule has 2 aromatic rings. The molecule has 0 amide bonds. The van der Waals surface area contributed by atoms with Crippen molar-refractivity contribution in [2.24, 2.45) is 0 Å². The van der Waals surface area contributed by atoms with Crippen LogP contribution in [0.25, 0.3) is 0 Å². The van der Waals surface area contributed by atoms with Gasteiger partial charge < -0.3 is 4.98 Å². The number of aromatic amines is 1. The molecule has 0 unspecified atom stereocenters. The quantitative estimate of drug-likeness (QED) is 0.927. The lowest BCUT2D eigenvalue weighted by Crippen LogP contribution is -2.35. The fourth-order valence-corrected chi connectivity index (χ4v) is 3.11. The van der Waals surface area contributed by atoms with Gasteiger partial charge in [0.1, 0.15) is 5.82 Å². The smallest absolute Gasteiger partial charge is 0.255 e. The normalized spacial score (nSPS) is 15.5. The van der Waals surface area contributed by atoms with Gasteiger partial charge in [0.15, 0.2) is 0 Å². The van der Waals surface area contributed by atoms with Gasteiger partial charge in [-0.1, -0.05) is 45.0 Å². The van der Waals surface area contributed by atoms with Crippen LogP contribution in [0.5, 0.6) is 0 Å². The van der Waals surface area contributed by atoms with Crippen LogP contribution >= 0.6 is 0 Å². The Morgan fingerprint density at radius 1 is 1.22 bits per heavy atom. The molecule has 2 heterocycles. The fourth-order valence-electron chi connectivity index (χ4n) is 3.11. The third-order valence-electron chi connectivity index (χ3n) is 4.49. The molecule has 0 aliphatic carbocycles. The molecule has 1 aromatic carbocycles. The molecular formula is C19H25N3O. The van der Waals surface area contributed by atoms with E-state index in [1.165, 1.54) is 11.1 Å². The van der Waals surface area contributed by atoms with Crippen LogP contribution in [0, 0.1) is 6.92 Å². The highest BCUT2D eigenvalue weighted by molar-refractivity contribution is 5.28. The fraction of sp³-hybridized carbons (Fsp3) is 0.474. The highest BCUT2D eigenvalue weighted by Gasteiger charge is 2.21. The highest BCUT2D eigenvalue weighted by atomic mass is 16.1. The summed E-state index contributed by atoms with van der Waals surface area (Å²) in [5, 5.41) is 0. The number of hydrogen-bond acceptors (Lipinski definition) is 3. The van der Waals surface area contributed by atoms with E-state index in [2.05, 4.69) is 59.9 Å². The van der Waals surface area contributed by atoms with Crippen LogP contribution < -0.4 is 5.56 Å². The molecule has 4 heteroatoms. The molecule has 0 fully saturated rings. The van der Waals surface area contributed by atoms with Crippen molar-refractivity contribution in [2.45, 2.75) is 52.6 Å². The first-order valence-corrected chi connectivity index (χ1v) is 8.23. The van der Waals surface area contributed by atoms with E-state index >= 15 is 0 Å². The molecule has 0 bridgehead atoms. The molecule has 1 aliphatic heterocycles. The molecule has 4 nitrogen and oxygen atoms in total. The number of hydrogen-bond donors (Lipinski definition) is 1. The van der Waals surface area contributed by atoms with Crippen LogP contribution in [0.3, 0.4) is 0 Å². The molecule has 3 rings (SSSR count). The Labute approximate surface area is 137 Å². The van der Waals surface area contributed by atoms with E-state index in [0.29, 0.717) is 12.4 Å². The second-order valence-corrected chi connectivity index (χ2v) is 7.48. The maximum Gasteiger partial charge on any atom is 0.255 e. The van der Waals surface area contributed by atoms with Gasteiger partial charge >= 0.3 is 0 Å². The molecule has 0 atom stereocenters. The van der Waals surface area contributed by atoms with Gasteiger partial charge in [0.2, 0.25) is 0 Å². The number of H-pyrrole nitrogens is 1. The van der Waals surface area contributed by atoms with Crippen LogP contribution in [0.1, 0.15) is 49.0 Å². The van der Waals surface area contributed by atoms with E-state index in [0.717, 1.165) is 30.8 Å². The van der Waals surface area contributed by atoms with E-state index in [9.17, 15) is 4.79 Å². The summed E-state index contributed by atoms with van der Waals surface area (Å²) < 4.78 is 0. The third-order valence-corrected chi connectivity index (χ3v) is 4.49. The topological polar surface area (TPSA) is 49.0 Å². The number of rotatable bonds is 2. The summed E-state index contributed by atoms with van der Waals surface area (Å²) in [5.41, 5.74) is 4.62. The summed E-state index contributed by atoms with van der Waals surface area (Å²) in [6, 6.07) is 8.83. The molecule has 122 valence electrons. The number of aromatic nitrogens is 2. The average Bonchev–Trinajstić information content (AvgIpc) is 2.47. The van der Waals surface area contributed by atoms with Crippen molar-refractivity contribution in [3.63, 3.8) is 0 Å². The first-order valence-electron chi connectivity index (χ1n) is 8.23. The Morgan fingerprint density at radius 3 is 2.57 bits per heavy atom. The first kappa shape index (κ1) is 15.9. The Bertz CT molecular complexity index is 754. The lowest BCUT2D eigenvalue weighted by molar-refractivity contribution is 0.241. The molecule has 1 aromatic heterocycles. The van der Waals surface area contributed by atoms with Gasteiger partial charge in [-0.05, 0) is 23.5 Å². The second-order valence-electron chi connectivity index (χ2n) is 7.48. The molecule has 0 radical (unpaired) electrons. The van der Waals surface area contributed by atoms with Gasteiger partial charge in [-0.2, -0.15) is 0 Å². The standard InChI is InChI=1S/C19H25N3O/c1-13-20-17-9-10-22(12-16(17)18(23)21-13)11-14-5-7-15(8-6-14)19(2,3)4/h5-8H,9-12H2,1-4H3,(H,20,21,23). The first-order chi connectivity index (χ1) is 10.8. The van der Waals surface area contributed by atoms with Crippen molar-refractivity contribution >= 4 is 0 Å². The van der Waals surface area contributed by atoms with E-state index in [1.807, 2.05) is 6.92 Å².